The van der Waals surface area contributed by atoms with E-state index in [1.807, 2.05) is 0 Å². The van der Waals surface area contributed by atoms with Crippen molar-refractivity contribution in [2.45, 2.75) is 18.6 Å². The molecule has 0 aliphatic rings. The van der Waals surface area contributed by atoms with Crippen LogP contribution in [0, 0.1) is 0 Å². The second-order valence-electron chi connectivity index (χ2n) is 7.01. The molecule has 0 saturated carbocycles. The highest BCUT2D eigenvalue weighted by Crippen LogP contribution is 2.36. The zero-order valence-electron chi connectivity index (χ0n) is 17.6. The highest BCUT2D eigenvalue weighted by Gasteiger charge is 2.63. The molecule has 3 rings (SSSR count). The van der Waals surface area contributed by atoms with E-state index >= 15 is 0 Å². The molecule has 0 atom stereocenters. The van der Waals surface area contributed by atoms with E-state index in [2.05, 4.69) is 10.3 Å². The predicted octanol–water partition coefficient (Wildman–Crippen LogP) is 5.28. The number of aromatic nitrogens is 1. The van der Waals surface area contributed by atoms with Gasteiger partial charge in [0, 0.05) is 12.7 Å². The lowest BCUT2D eigenvalue weighted by molar-refractivity contribution is -0.267. The fraction of sp³-hybridized carbons (Fsp3) is 0.174. The number of carbonyl (C=O) groups is 2. The molecule has 2 N–H and O–H groups in total. The number of methoxy groups -OCH3 is 1. The van der Waals surface area contributed by atoms with Crippen LogP contribution in [0.4, 0.5) is 33.5 Å². The minimum absolute atomic E-state index is 0.0889. The topological polar surface area (TPSA) is 80.3 Å². The van der Waals surface area contributed by atoms with Crippen LogP contribution in [-0.4, -0.2) is 36.1 Å². The Bertz CT molecular complexity index is 1180. The van der Waals surface area contributed by atoms with Gasteiger partial charge in [-0.3, -0.25) is 4.79 Å². The number of pyridine rings is 1. The van der Waals surface area contributed by atoms with Crippen LogP contribution in [0.5, 0.6) is 0 Å². The molecule has 6 nitrogen and oxygen atoms in total. The smallest absolute Gasteiger partial charge is 0.463 e. The number of esters is 1. The maximum absolute atomic E-state index is 13.3. The summed E-state index contributed by atoms with van der Waals surface area (Å²) in [4.78, 5) is 27.4. The molecule has 1 heterocycles. The van der Waals surface area contributed by atoms with Gasteiger partial charge < -0.3 is 15.4 Å². The Morgan fingerprint density at radius 1 is 0.941 bits per heavy atom. The summed E-state index contributed by atoms with van der Waals surface area (Å²) >= 11 is 0. The van der Waals surface area contributed by atoms with Gasteiger partial charge in [-0.2, -0.15) is 22.0 Å². The van der Waals surface area contributed by atoms with Gasteiger partial charge in [-0.1, -0.05) is 42.5 Å². The maximum Gasteiger partial charge on any atom is 0.463 e. The van der Waals surface area contributed by atoms with Crippen molar-refractivity contribution in [1.29, 1.82) is 0 Å². The van der Waals surface area contributed by atoms with Crippen LogP contribution in [-0.2, 0) is 16.1 Å². The third-order valence-corrected chi connectivity index (χ3v) is 4.75. The first-order chi connectivity index (χ1) is 16.0. The molecular formula is C23H18F5N3O3. The van der Waals surface area contributed by atoms with Crippen LogP contribution in [0.25, 0.3) is 11.1 Å². The summed E-state index contributed by atoms with van der Waals surface area (Å²) in [6, 6.07) is 16.3. The molecule has 3 aromatic rings. The second-order valence-corrected chi connectivity index (χ2v) is 7.01. The Hall–Kier alpha value is -4.02. The number of ether oxygens (including phenoxy) is 1. The van der Waals surface area contributed by atoms with E-state index < -0.39 is 24.0 Å². The summed E-state index contributed by atoms with van der Waals surface area (Å²) in [6.45, 7) is 0.120. The fourth-order valence-electron chi connectivity index (χ4n) is 2.99. The summed E-state index contributed by atoms with van der Waals surface area (Å²) in [7, 11) is 1.28. The Morgan fingerprint density at radius 3 is 2.26 bits per heavy atom. The summed E-state index contributed by atoms with van der Waals surface area (Å²) in [5.74, 6) is -8.64. The zero-order valence-corrected chi connectivity index (χ0v) is 17.6. The number of amides is 1. The molecule has 0 fully saturated rings. The van der Waals surface area contributed by atoms with Crippen molar-refractivity contribution in [2.75, 3.05) is 17.7 Å². The average molecular weight is 479 g/mol. The van der Waals surface area contributed by atoms with Crippen molar-refractivity contribution in [3.8, 4) is 11.1 Å². The van der Waals surface area contributed by atoms with Crippen molar-refractivity contribution in [1.82, 2.24) is 4.98 Å². The van der Waals surface area contributed by atoms with Crippen LogP contribution in [0.1, 0.15) is 15.9 Å². The van der Waals surface area contributed by atoms with Crippen LogP contribution >= 0.6 is 0 Å². The fourth-order valence-corrected chi connectivity index (χ4v) is 2.99. The lowest BCUT2D eigenvalue weighted by atomic mass is 9.98. The minimum Gasteiger partial charge on any atom is -0.465 e. The number of rotatable bonds is 7. The van der Waals surface area contributed by atoms with E-state index in [0.29, 0.717) is 16.7 Å². The van der Waals surface area contributed by atoms with E-state index in [4.69, 9.17) is 4.74 Å². The third kappa shape index (κ3) is 5.30. The number of hydrogen-bond donors (Lipinski definition) is 2. The Kier molecular flexibility index (Phi) is 7.14. The maximum atomic E-state index is 13.3. The molecule has 0 bridgehead atoms. The monoisotopic (exact) mass is 479 g/mol. The summed E-state index contributed by atoms with van der Waals surface area (Å²) in [6.07, 6.45) is -4.74. The van der Waals surface area contributed by atoms with E-state index in [0.717, 1.165) is 11.6 Å². The van der Waals surface area contributed by atoms with Gasteiger partial charge in [-0.25, -0.2) is 9.78 Å². The van der Waals surface area contributed by atoms with Gasteiger partial charge in [0.2, 0.25) is 0 Å². The van der Waals surface area contributed by atoms with Gasteiger partial charge in [0.1, 0.15) is 5.82 Å². The largest absolute Gasteiger partial charge is 0.465 e. The van der Waals surface area contributed by atoms with E-state index in [1.165, 1.54) is 19.4 Å². The number of carbonyl (C=O) groups excluding carboxylic acids is 2. The van der Waals surface area contributed by atoms with Crippen LogP contribution in [0.3, 0.4) is 0 Å². The minimum atomic E-state index is -6.03. The van der Waals surface area contributed by atoms with Crippen molar-refractivity contribution in [3.05, 3.63) is 78.0 Å². The number of nitrogens with one attached hydrogen (secondary N) is 2. The number of benzene rings is 2. The molecule has 0 unspecified atom stereocenters. The zero-order chi connectivity index (χ0) is 24.9. The van der Waals surface area contributed by atoms with Crippen LogP contribution in [0.15, 0.2) is 66.9 Å². The Morgan fingerprint density at radius 2 is 1.62 bits per heavy atom. The van der Waals surface area contributed by atoms with Gasteiger partial charge in [-0.15, -0.1) is 0 Å². The van der Waals surface area contributed by atoms with Crippen molar-refractivity contribution >= 4 is 23.4 Å². The van der Waals surface area contributed by atoms with Gasteiger partial charge in [-0.05, 0) is 34.9 Å². The van der Waals surface area contributed by atoms with Crippen molar-refractivity contribution in [3.63, 3.8) is 0 Å². The molecule has 1 amide bonds. The normalized spacial score (nSPS) is 11.6. The first kappa shape index (κ1) is 24.6. The summed E-state index contributed by atoms with van der Waals surface area (Å²) in [5.41, 5.74) is 2.17. The molecule has 0 saturated heterocycles. The Labute approximate surface area is 190 Å². The summed E-state index contributed by atoms with van der Waals surface area (Å²) in [5, 5.41) is 4.37. The number of alkyl halides is 5. The van der Waals surface area contributed by atoms with E-state index in [1.54, 1.807) is 53.8 Å². The first-order valence-corrected chi connectivity index (χ1v) is 9.76. The quantitative estimate of drug-likeness (QED) is 0.356. The molecule has 34 heavy (non-hydrogen) atoms. The number of nitrogens with zero attached hydrogens (tertiary/aromatic N) is 1. The molecule has 0 aliphatic carbocycles. The number of anilines is 2. The molecule has 1 aromatic heterocycles. The number of halogens is 5. The predicted molar refractivity (Wildman–Crippen MR) is 114 cm³/mol. The van der Waals surface area contributed by atoms with Gasteiger partial charge in [0.15, 0.2) is 0 Å². The van der Waals surface area contributed by atoms with Crippen LogP contribution in [0.2, 0.25) is 0 Å². The van der Waals surface area contributed by atoms with Crippen molar-refractivity contribution < 1.29 is 36.3 Å². The number of hydrogen-bond acceptors (Lipinski definition) is 5. The van der Waals surface area contributed by atoms with Gasteiger partial charge in [0.05, 0.1) is 18.4 Å². The molecule has 0 radical (unpaired) electrons. The summed E-state index contributed by atoms with van der Waals surface area (Å²) < 4.78 is 68.6. The third-order valence-electron chi connectivity index (χ3n) is 4.75. The standard InChI is InChI=1S/C23H18F5N3O3/c1-34-20(32)17-6-3-2-5-16(17)15-10-8-14(9-11-15)13-30-19-18(7-4-12-29-19)31-21(33)22(24,25)23(26,27)28/h2-12H,13H2,1H3,(H,29,30)(H,31,33). The van der Waals surface area contributed by atoms with Crippen molar-refractivity contribution in [2.24, 2.45) is 0 Å². The molecule has 0 spiro atoms. The lowest BCUT2D eigenvalue weighted by Gasteiger charge is -2.19. The lowest BCUT2D eigenvalue weighted by Crippen LogP contribution is -2.47. The van der Waals surface area contributed by atoms with E-state index in [9.17, 15) is 31.5 Å². The molecule has 178 valence electrons. The van der Waals surface area contributed by atoms with E-state index in [-0.39, 0.29) is 18.1 Å². The SMILES string of the molecule is COC(=O)c1ccccc1-c1ccc(CNc2ncccc2NC(=O)C(F)(F)C(F)(F)F)cc1. The molecule has 2 aromatic carbocycles. The molecular weight excluding hydrogens is 461 g/mol. The average Bonchev–Trinajstić information content (AvgIpc) is 2.82. The molecule has 11 heteroatoms. The first-order valence-electron chi connectivity index (χ1n) is 9.76. The highest BCUT2D eigenvalue weighted by molar-refractivity contribution is 5.99. The Balaban J connectivity index is 1.73. The van der Waals surface area contributed by atoms with Crippen LogP contribution < -0.4 is 10.6 Å². The molecule has 0 aliphatic heterocycles. The van der Waals surface area contributed by atoms with Gasteiger partial charge >= 0.3 is 24.0 Å². The second kappa shape index (κ2) is 9.86. The van der Waals surface area contributed by atoms with Gasteiger partial charge in [0.25, 0.3) is 0 Å². The highest BCUT2D eigenvalue weighted by atomic mass is 19.4.